The second-order valence-electron chi connectivity index (χ2n) is 4.78. The topological polar surface area (TPSA) is 70.5 Å². The van der Waals surface area contributed by atoms with Crippen molar-refractivity contribution in [2.24, 2.45) is 17.4 Å². The van der Waals surface area contributed by atoms with Crippen LogP contribution in [0, 0.1) is 12.8 Å². The maximum Gasteiger partial charge on any atom is 0.161 e. The van der Waals surface area contributed by atoms with E-state index in [9.17, 15) is 0 Å². The molecule has 1 aromatic rings. The number of benzene rings is 1. The standard InChI is InChI=1S/C14H22N2O2/c1-3-10(8-15)14(16)11-7-13-12(6-9(11)2)17-4-5-18-13/h6-7,10,14H,3-5,8,15-16H2,1-2H3. The fourth-order valence-electron chi connectivity index (χ4n) is 2.39. The van der Waals surface area contributed by atoms with Gasteiger partial charge in [0.1, 0.15) is 13.2 Å². The number of nitrogens with two attached hydrogens (primary N) is 2. The molecule has 4 nitrogen and oxygen atoms in total. The first-order valence-corrected chi connectivity index (χ1v) is 6.53. The first kappa shape index (κ1) is 13.2. The summed E-state index contributed by atoms with van der Waals surface area (Å²) in [7, 11) is 0. The van der Waals surface area contributed by atoms with Gasteiger partial charge in [0, 0.05) is 6.04 Å². The summed E-state index contributed by atoms with van der Waals surface area (Å²) in [6.45, 7) is 5.98. The Kier molecular flexibility index (Phi) is 4.09. The van der Waals surface area contributed by atoms with Crippen LogP contribution in [0.4, 0.5) is 0 Å². The van der Waals surface area contributed by atoms with Gasteiger partial charge in [0.2, 0.25) is 0 Å². The first-order chi connectivity index (χ1) is 8.67. The van der Waals surface area contributed by atoms with E-state index >= 15 is 0 Å². The molecule has 2 atom stereocenters. The number of hydrogen-bond donors (Lipinski definition) is 2. The normalized spacial score (nSPS) is 17.3. The highest BCUT2D eigenvalue weighted by Crippen LogP contribution is 2.36. The van der Waals surface area contributed by atoms with E-state index in [-0.39, 0.29) is 6.04 Å². The Hall–Kier alpha value is -1.26. The summed E-state index contributed by atoms with van der Waals surface area (Å²) < 4.78 is 11.2. The molecule has 2 rings (SSSR count). The molecule has 0 aromatic heterocycles. The highest BCUT2D eigenvalue weighted by molar-refractivity contribution is 5.48. The smallest absolute Gasteiger partial charge is 0.161 e. The molecular weight excluding hydrogens is 228 g/mol. The summed E-state index contributed by atoms with van der Waals surface area (Å²) in [5, 5.41) is 0. The van der Waals surface area contributed by atoms with E-state index in [0.717, 1.165) is 29.0 Å². The molecule has 4 N–H and O–H groups in total. The van der Waals surface area contributed by atoms with Crippen LogP contribution in [-0.4, -0.2) is 19.8 Å². The molecule has 0 radical (unpaired) electrons. The van der Waals surface area contributed by atoms with Crippen molar-refractivity contribution in [1.29, 1.82) is 0 Å². The molecule has 0 saturated heterocycles. The van der Waals surface area contributed by atoms with Crippen molar-refractivity contribution in [3.8, 4) is 11.5 Å². The second kappa shape index (κ2) is 5.59. The van der Waals surface area contributed by atoms with Crippen LogP contribution in [-0.2, 0) is 0 Å². The fraction of sp³-hybridized carbons (Fsp3) is 0.571. The van der Waals surface area contributed by atoms with Crippen LogP contribution in [0.2, 0.25) is 0 Å². The maximum absolute atomic E-state index is 6.32. The molecule has 4 heteroatoms. The highest BCUT2D eigenvalue weighted by atomic mass is 16.6. The van der Waals surface area contributed by atoms with Crippen LogP contribution in [0.25, 0.3) is 0 Å². The van der Waals surface area contributed by atoms with E-state index in [1.165, 1.54) is 0 Å². The zero-order valence-electron chi connectivity index (χ0n) is 11.1. The SMILES string of the molecule is CCC(CN)C(N)c1cc2c(cc1C)OCCO2. The third kappa shape index (κ3) is 2.44. The number of aryl methyl sites for hydroxylation is 1. The van der Waals surface area contributed by atoms with E-state index in [0.29, 0.717) is 25.7 Å². The minimum atomic E-state index is -0.0455. The average Bonchev–Trinajstić information content (AvgIpc) is 2.39. The molecule has 18 heavy (non-hydrogen) atoms. The Morgan fingerprint density at radius 3 is 2.39 bits per heavy atom. The van der Waals surface area contributed by atoms with E-state index in [4.69, 9.17) is 20.9 Å². The van der Waals surface area contributed by atoms with Crippen molar-refractivity contribution in [2.75, 3.05) is 19.8 Å². The van der Waals surface area contributed by atoms with Gasteiger partial charge in [-0.25, -0.2) is 0 Å². The summed E-state index contributed by atoms with van der Waals surface area (Å²) in [4.78, 5) is 0. The third-order valence-electron chi connectivity index (χ3n) is 3.62. The van der Waals surface area contributed by atoms with E-state index in [1.54, 1.807) is 0 Å². The summed E-state index contributed by atoms with van der Waals surface area (Å²) >= 11 is 0. The first-order valence-electron chi connectivity index (χ1n) is 6.53. The maximum atomic E-state index is 6.32. The van der Waals surface area contributed by atoms with E-state index in [2.05, 4.69) is 13.8 Å². The van der Waals surface area contributed by atoms with Crippen molar-refractivity contribution >= 4 is 0 Å². The third-order valence-corrected chi connectivity index (χ3v) is 3.62. The molecular formula is C14H22N2O2. The Labute approximate surface area is 108 Å². The highest BCUT2D eigenvalue weighted by Gasteiger charge is 2.21. The van der Waals surface area contributed by atoms with Gasteiger partial charge < -0.3 is 20.9 Å². The van der Waals surface area contributed by atoms with Crippen molar-refractivity contribution in [2.45, 2.75) is 26.3 Å². The zero-order chi connectivity index (χ0) is 13.1. The van der Waals surface area contributed by atoms with Crippen LogP contribution in [0.15, 0.2) is 12.1 Å². The lowest BCUT2D eigenvalue weighted by Crippen LogP contribution is -2.28. The van der Waals surface area contributed by atoms with E-state index in [1.807, 2.05) is 12.1 Å². The molecule has 0 spiro atoms. The average molecular weight is 250 g/mol. The van der Waals surface area contributed by atoms with Crippen LogP contribution in [0.3, 0.4) is 0 Å². The Morgan fingerprint density at radius 1 is 1.22 bits per heavy atom. The minimum Gasteiger partial charge on any atom is -0.486 e. The predicted octanol–water partition coefficient (Wildman–Crippen LogP) is 1.75. The quantitative estimate of drug-likeness (QED) is 0.854. The van der Waals surface area contributed by atoms with Gasteiger partial charge in [0.15, 0.2) is 11.5 Å². The molecule has 0 bridgehead atoms. The molecule has 0 aliphatic carbocycles. The molecule has 0 fully saturated rings. The van der Waals surface area contributed by atoms with Gasteiger partial charge in [-0.2, -0.15) is 0 Å². The van der Waals surface area contributed by atoms with Gasteiger partial charge in [-0.1, -0.05) is 13.3 Å². The van der Waals surface area contributed by atoms with Gasteiger partial charge in [-0.3, -0.25) is 0 Å². The lowest BCUT2D eigenvalue weighted by Gasteiger charge is -2.26. The molecule has 0 saturated carbocycles. The lowest BCUT2D eigenvalue weighted by molar-refractivity contribution is 0.171. The molecule has 1 heterocycles. The van der Waals surface area contributed by atoms with Crippen molar-refractivity contribution in [1.82, 2.24) is 0 Å². The molecule has 1 aliphatic heterocycles. The Balaban J connectivity index is 2.32. The number of ether oxygens (including phenoxy) is 2. The van der Waals surface area contributed by atoms with Crippen LogP contribution >= 0.6 is 0 Å². The number of hydrogen-bond acceptors (Lipinski definition) is 4. The largest absolute Gasteiger partial charge is 0.486 e. The summed E-state index contributed by atoms with van der Waals surface area (Å²) in [6, 6.07) is 3.97. The summed E-state index contributed by atoms with van der Waals surface area (Å²) in [5.41, 5.74) is 14.3. The molecule has 100 valence electrons. The van der Waals surface area contributed by atoms with Gasteiger partial charge >= 0.3 is 0 Å². The van der Waals surface area contributed by atoms with Crippen LogP contribution in [0.5, 0.6) is 11.5 Å². The zero-order valence-corrected chi connectivity index (χ0v) is 11.1. The second-order valence-corrected chi connectivity index (χ2v) is 4.78. The molecule has 1 aliphatic rings. The van der Waals surface area contributed by atoms with Gasteiger partial charge in [0.05, 0.1) is 0 Å². The Morgan fingerprint density at radius 2 is 1.83 bits per heavy atom. The molecule has 1 aromatic carbocycles. The van der Waals surface area contributed by atoms with Crippen molar-refractivity contribution in [3.05, 3.63) is 23.3 Å². The monoisotopic (exact) mass is 250 g/mol. The van der Waals surface area contributed by atoms with Crippen LogP contribution < -0.4 is 20.9 Å². The minimum absolute atomic E-state index is 0.0455. The summed E-state index contributed by atoms with van der Waals surface area (Å²) in [5.74, 6) is 1.91. The van der Waals surface area contributed by atoms with Crippen molar-refractivity contribution < 1.29 is 9.47 Å². The lowest BCUT2D eigenvalue weighted by atomic mass is 9.89. The fourth-order valence-corrected chi connectivity index (χ4v) is 2.39. The predicted molar refractivity (Wildman–Crippen MR) is 71.9 cm³/mol. The molecule has 0 amide bonds. The van der Waals surface area contributed by atoms with Gasteiger partial charge in [-0.15, -0.1) is 0 Å². The van der Waals surface area contributed by atoms with Crippen molar-refractivity contribution in [3.63, 3.8) is 0 Å². The van der Waals surface area contributed by atoms with Gasteiger partial charge in [0.25, 0.3) is 0 Å². The summed E-state index contributed by atoms with van der Waals surface area (Å²) in [6.07, 6.45) is 0.978. The van der Waals surface area contributed by atoms with Crippen LogP contribution in [0.1, 0.15) is 30.5 Å². The van der Waals surface area contributed by atoms with Gasteiger partial charge in [-0.05, 0) is 42.6 Å². The molecule has 2 unspecified atom stereocenters. The Bertz CT molecular complexity index is 417. The number of fused-ring (bicyclic) bond motifs is 1. The van der Waals surface area contributed by atoms with E-state index < -0.39 is 0 Å². The number of rotatable bonds is 4.